The van der Waals surface area contributed by atoms with E-state index in [1.807, 2.05) is 78.9 Å². The number of hydrogen-bond donors (Lipinski definition) is 3. The fraction of sp³-hybridized carbons (Fsp3) is 0.179. The van der Waals surface area contributed by atoms with E-state index in [0.29, 0.717) is 18.7 Å². The Balaban J connectivity index is 1.85. The molecule has 0 aliphatic carbocycles. The minimum absolute atomic E-state index is 0.216. The molecule has 3 rings (SSSR count). The quantitative estimate of drug-likeness (QED) is 0.417. The zero-order valence-electron chi connectivity index (χ0n) is 18.0. The van der Waals surface area contributed by atoms with Gasteiger partial charge in [-0.15, -0.1) is 0 Å². The van der Waals surface area contributed by atoms with E-state index < -0.39 is 6.04 Å². The van der Waals surface area contributed by atoms with Gasteiger partial charge in [0, 0.05) is 27.9 Å². The zero-order valence-corrected chi connectivity index (χ0v) is 18.0. The van der Waals surface area contributed by atoms with E-state index in [-0.39, 0.29) is 5.91 Å². The average molecular weight is 422 g/mol. The third-order valence-corrected chi connectivity index (χ3v) is 4.82. The lowest BCUT2D eigenvalue weighted by molar-refractivity contribution is -0.117. The Morgan fingerprint density at radius 1 is 0.781 bits per heavy atom. The molecule has 0 fully saturated rings. The van der Waals surface area contributed by atoms with Crippen molar-refractivity contribution in [3.05, 3.63) is 101 Å². The van der Waals surface area contributed by atoms with Crippen molar-refractivity contribution in [3.8, 4) is 23.7 Å². The highest BCUT2D eigenvalue weighted by atomic mass is 16.2. The van der Waals surface area contributed by atoms with E-state index in [9.17, 15) is 4.79 Å². The number of rotatable bonds is 6. The summed E-state index contributed by atoms with van der Waals surface area (Å²) in [5.41, 5.74) is 15.5. The van der Waals surface area contributed by atoms with Crippen LogP contribution >= 0.6 is 0 Å². The van der Waals surface area contributed by atoms with Gasteiger partial charge in [-0.25, -0.2) is 0 Å². The van der Waals surface area contributed by atoms with Crippen LogP contribution in [0.25, 0.3) is 0 Å². The van der Waals surface area contributed by atoms with Crippen LogP contribution in [-0.2, 0) is 4.79 Å². The minimum Gasteiger partial charge on any atom is -0.330 e. The molecule has 32 heavy (non-hydrogen) atoms. The normalized spacial score (nSPS) is 10.8. The Bertz CT molecular complexity index is 1150. The Morgan fingerprint density at radius 3 is 1.97 bits per heavy atom. The Labute approximate surface area is 190 Å². The molecule has 0 heterocycles. The van der Waals surface area contributed by atoms with Crippen molar-refractivity contribution in [3.63, 3.8) is 0 Å². The number of unbranched alkanes of at least 4 members (excludes halogenated alkanes) is 1. The minimum atomic E-state index is -0.571. The summed E-state index contributed by atoms with van der Waals surface area (Å²) in [6.45, 7) is 0.600. The topological polar surface area (TPSA) is 81.1 Å². The molecule has 0 aliphatic rings. The summed E-state index contributed by atoms with van der Waals surface area (Å²) in [5.74, 6) is 12.5. The lowest BCUT2D eigenvalue weighted by atomic mass is 10.0. The Kier molecular flexibility index (Phi) is 8.66. The molecule has 1 unspecified atom stereocenters. The number of benzene rings is 3. The van der Waals surface area contributed by atoms with Crippen LogP contribution in [0.4, 0.5) is 5.69 Å². The summed E-state index contributed by atoms with van der Waals surface area (Å²) in [6.07, 6.45) is 2.28. The van der Waals surface area contributed by atoms with Crippen LogP contribution in [-0.4, -0.2) is 18.5 Å². The molecule has 0 saturated heterocycles. The van der Waals surface area contributed by atoms with Crippen LogP contribution in [0.1, 0.15) is 41.5 Å². The number of anilines is 1. The summed E-state index contributed by atoms with van der Waals surface area (Å²) in [7, 11) is 0. The second-order valence-corrected chi connectivity index (χ2v) is 7.37. The summed E-state index contributed by atoms with van der Waals surface area (Å²) in [4.78, 5) is 12.5. The summed E-state index contributed by atoms with van der Waals surface area (Å²) < 4.78 is 0. The second-order valence-electron chi connectivity index (χ2n) is 7.37. The number of carbonyl (C=O) groups excluding carboxylic acids is 1. The van der Waals surface area contributed by atoms with Crippen molar-refractivity contribution >= 4 is 11.6 Å². The molecule has 0 aromatic heterocycles. The molecule has 160 valence electrons. The zero-order chi connectivity index (χ0) is 22.6. The van der Waals surface area contributed by atoms with Gasteiger partial charge >= 0.3 is 0 Å². The second kappa shape index (κ2) is 12.1. The number of nitrogens with two attached hydrogens (primary N) is 2. The summed E-state index contributed by atoms with van der Waals surface area (Å²) in [5, 5.41) is 2.90. The fourth-order valence-electron chi connectivity index (χ4n) is 3.03. The maximum Gasteiger partial charge on any atom is 0.241 e. The van der Waals surface area contributed by atoms with Crippen LogP contribution in [0.3, 0.4) is 0 Å². The largest absolute Gasteiger partial charge is 0.330 e. The lowest BCUT2D eigenvalue weighted by Crippen LogP contribution is -2.35. The molecule has 0 bridgehead atoms. The Hall–Kier alpha value is -3.83. The molecule has 4 heteroatoms. The summed E-state index contributed by atoms with van der Waals surface area (Å²) >= 11 is 0. The molecule has 5 N–H and O–H groups in total. The molecule has 3 aromatic carbocycles. The van der Waals surface area contributed by atoms with Crippen molar-refractivity contribution in [1.29, 1.82) is 0 Å². The van der Waals surface area contributed by atoms with Gasteiger partial charge in [0.25, 0.3) is 0 Å². The monoisotopic (exact) mass is 421 g/mol. The van der Waals surface area contributed by atoms with Crippen LogP contribution < -0.4 is 16.8 Å². The van der Waals surface area contributed by atoms with Gasteiger partial charge in [-0.1, -0.05) is 66.5 Å². The molecular weight excluding hydrogens is 394 g/mol. The first-order valence-corrected chi connectivity index (χ1v) is 10.7. The molecule has 0 spiro atoms. The predicted molar refractivity (Wildman–Crippen MR) is 131 cm³/mol. The van der Waals surface area contributed by atoms with Crippen LogP contribution in [0.15, 0.2) is 78.9 Å². The summed E-state index contributed by atoms with van der Waals surface area (Å²) in [6, 6.07) is 24.5. The van der Waals surface area contributed by atoms with Crippen LogP contribution in [0.2, 0.25) is 0 Å². The molecule has 0 radical (unpaired) electrons. The molecule has 1 atom stereocenters. The van der Waals surface area contributed by atoms with Gasteiger partial charge in [0.1, 0.15) is 0 Å². The number of nitrogens with one attached hydrogen (secondary N) is 1. The van der Waals surface area contributed by atoms with Crippen molar-refractivity contribution in [2.24, 2.45) is 11.5 Å². The standard InChI is InChI=1S/C28H27N3O/c29-20-8-7-13-27(30)28(32)31-26-19-18-24(16-14-22-9-3-1-4-10-22)25(21-26)17-15-23-11-5-2-6-12-23/h1-6,9-12,18-19,21,27H,7-8,13,20,29-30H2,(H,31,32). The average Bonchev–Trinajstić information content (AvgIpc) is 2.83. The van der Waals surface area contributed by atoms with E-state index >= 15 is 0 Å². The fourth-order valence-corrected chi connectivity index (χ4v) is 3.03. The lowest BCUT2D eigenvalue weighted by Gasteiger charge is -2.12. The van der Waals surface area contributed by atoms with Gasteiger partial charge in [-0.3, -0.25) is 4.79 Å². The van der Waals surface area contributed by atoms with Gasteiger partial charge in [0.2, 0.25) is 5.91 Å². The smallest absolute Gasteiger partial charge is 0.241 e. The van der Waals surface area contributed by atoms with Gasteiger partial charge in [0.05, 0.1) is 6.04 Å². The maximum absolute atomic E-state index is 12.5. The molecule has 4 nitrogen and oxygen atoms in total. The molecule has 1 amide bonds. The van der Waals surface area contributed by atoms with E-state index in [2.05, 4.69) is 29.0 Å². The highest BCUT2D eigenvalue weighted by Crippen LogP contribution is 2.16. The van der Waals surface area contributed by atoms with Crippen molar-refractivity contribution < 1.29 is 4.79 Å². The van der Waals surface area contributed by atoms with Gasteiger partial charge in [-0.2, -0.15) is 0 Å². The first kappa shape index (κ1) is 22.8. The van der Waals surface area contributed by atoms with Crippen molar-refractivity contribution in [1.82, 2.24) is 0 Å². The number of hydrogen-bond acceptors (Lipinski definition) is 3. The first-order chi connectivity index (χ1) is 15.7. The van der Waals surface area contributed by atoms with Gasteiger partial charge in [0.15, 0.2) is 0 Å². The predicted octanol–water partition coefficient (Wildman–Crippen LogP) is 3.88. The third-order valence-electron chi connectivity index (χ3n) is 4.82. The molecule has 0 aliphatic heterocycles. The first-order valence-electron chi connectivity index (χ1n) is 10.7. The van der Waals surface area contributed by atoms with Gasteiger partial charge < -0.3 is 16.8 Å². The van der Waals surface area contributed by atoms with Crippen molar-refractivity contribution in [2.75, 3.05) is 11.9 Å². The highest BCUT2D eigenvalue weighted by Gasteiger charge is 2.13. The van der Waals surface area contributed by atoms with Gasteiger partial charge in [-0.05, 0) is 61.9 Å². The third kappa shape index (κ3) is 7.15. The number of carbonyl (C=O) groups is 1. The van der Waals surface area contributed by atoms with Crippen molar-refractivity contribution in [2.45, 2.75) is 25.3 Å². The SMILES string of the molecule is NCCCCC(N)C(=O)Nc1ccc(C#Cc2ccccc2)c(C#Cc2ccccc2)c1. The highest BCUT2D eigenvalue weighted by molar-refractivity contribution is 5.94. The van der Waals surface area contributed by atoms with Crippen LogP contribution in [0.5, 0.6) is 0 Å². The van der Waals surface area contributed by atoms with Crippen LogP contribution in [0, 0.1) is 23.7 Å². The van der Waals surface area contributed by atoms with E-state index in [0.717, 1.165) is 35.1 Å². The van der Waals surface area contributed by atoms with E-state index in [4.69, 9.17) is 11.5 Å². The van der Waals surface area contributed by atoms with E-state index in [1.54, 1.807) is 0 Å². The maximum atomic E-state index is 12.5. The Morgan fingerprint density at radius 2 is 1.38 bits per heavy atom. The van der Waals surface area contributed by atoms with E-state index in [1.165, 1.54) is 0 Å². The molecule has 3 aromatic rings. The molecule has 0 saturated carbocycles. The molecular formula is C28H27N3O. The number of amides is 1.